The Kier molecular flexibility index (Phi) is 5.64. The Balaban J connectivity index is 1.57. The molecule has 1 aliphatic rings. The fraction of sp³-hybridized carbons (Fsp3) is 0.280. The Morgan fingerprint density at radius 1 is 0.969 bits per heavy atom. The SMILES string of the molecule is COc1cncc2nc(-c3ccncc3)nc(N3CCN(C)C(Cc4ccccc4)C3)c12. The van der Waals surface area contributed by atoms with Crippen molar-refractivity contribution >= 4 is 16.7 Å². The van der Waals surface area contributed by atoms with Gasteiger partial charge in [-0.05, 0) is 31.2 Å². The number of pyridine rings is 2. The third-order valence-electron chi connectivity index (χ3n) is 6.10. The fourth-order valence-corrected chi connectivity index (χ4v) is 4.29. The standard InChI is InChI=1S/C25H26N6O/c1-30-12-13-31(17-20(30)14-18-6-4-3-5-7-18)25-23-21(15-27-16-22(23)32-2)28-24(29-25)19-8-10-26-11-9-19/h3-11,15-16,20H,12-14,17H2,1-2H3. The Labute approximate surface area is 187 Å². The monoisotopic (exact) mass is 426 g/mol. The smallest absolute Gasteiger partial charge is 0.162 e. The van der Waals surface area contributed by atoms with Gasteiger partial charge in [0, 0.05) is 43.6 Å². The van der Waals surface area contributed by atoms with E-state index < -0.39 is 0 Å². The lowest BCUT2D eigenvalue weighted by Crippen LogP contribution is -2.52. The predicted molar refractivity (Wildman–Crippen MR) is 126 cm³/mol. The number of hydrogen-bond donors (Lipinski definition) is 0. The van der Waals surface area contributed by atoms with Gasteiger partial charge in [-0.25, -0.2) is 9.97 Å². The molecule has 162 valence electrons. The van der Waals surface area contributed by atoms with Crippen LogP contribution >= 0.6 is 0 Å². The summed E-state index contributed by atoms with van der Waals surface area (Å²) in [5.41, 5.74) is 3.05. The number of ether oxygens (including phenoxy) is 1. The topological polar surface area (TPSA) is 67.3 Å². The molecule has 0 aliphatic carbocycles. The molecule has 4 heterocycles. The van der Waals surface area contributed by atoms with Crippen LogP contribution in [0.1, 0.15) is 5.56 Å². The minimum Gasteiger partial charge on any atom is -0.494 e. The molecule has 7 heteroatoms. The van der Waals surface area contributed by atoms with Gasteiger partial charge in [0.1, 0.15) is 11.6 Å². The lowest BCUT2D eigenvalue weighted by molar-refractivity contribution is 0.217. The van der Waals surface area contributed by atoms with Crippen LogP contribution in [0.4, 0.5) is 5.82 Å². The molecule has 7 nitrogen and oxygen atoms in total. The van der Waals surface area contributed by atoms with E-state index in [1.54, 1.807) is 31.9 Å². The summed E-state index contributed by atoms with van der Waals surface area (Å²) in [6, 6.07) is 14.9. The van der Waals surface area contributed by atoms with Crippen LogP contribution in [-0.2, 0) is 6.42 Å². The first-order chi connectivity index (χ1) is 15.7. The summed E-state index contributed by atoms with van der Waals surface area (Å²) in [5.74, 6) is 2.26. The van der Waals surface area contributed by atoms with E-state index in [9.17, 15) is 0 Å². The summed E-state index contributed by atoms with van der Waals surface area (Å²) in [5, 5.41) is 0.906. The van der Waals surface area contributed by atoms with E-state index in [1.165, 1.54) is 5.56 Å². The highest BCUT2D eigenvalue weighted by Gasteiger charge is 2.28. The van der Waals surface area contributed by atoms with Crippen molar-refractivity contribution < 1.29 is 4.74 Å². The third-order valence-corrected chi connectivity index (χ3v) is 6.10. The van der Waals surface area contributed by atoms with Gasteiger partial charge in [0.05, 0.1) is 30.4 Å². The van der Waals surface area contributed by atoms with E-state index in [0.717, 1.165) is 48.3 Å². The second-order valence-corrected chi connectivity index (χ2v) is 8.11. The number of piperazine rings is 1. The number of fused-ring (bicyclic) bond motifs is 1. The zero-order valence-electron chi connectivity index (χ0n) is 18.3. The fourth-order valence-electron chi connectivity index (χ4n) is 4.29. The minimum atomic E-state index is 0.383. The lowest BCUT2D eigenvalue weighted by atomic mass is 10.0. The molecular weight excluding hydrogens is 400 g/mol. The Morgan fingerprint density at radius 3 is 2.56 bits per heavy atom. The molecule has 0 radical (unpaired) electrons. The van der Waals surface area contributed by atoms with Crippen LogP contribution in [0.25, 0.3) is 22.3 Å². The largest absolute Gasteiger partial charge is 0.494 e. The molecule has 1 unspecified atom stereocenters. The minimum absolute atomic E-state index is 0.383. The number of methoxy groups -OCH3 is 1. The van der Waals surface area contributed by atoms with Gasteiger partial charge >= 0.3 is 0 Å². The number of hydrogen-bond acceptors (Lipinski definition) is 7. The van der Waals surface area contributed by atoms with Gasteiger partial charge in [0.2, 0.25) is 0 Å². The molecule has 32 heavy (non-hydrogen) atoms. The van der Waals surface area contributed by atoms with Crippen LogP contribution < -0.4 is 9.64 Å². The van der Waals surface area contributed by atoms with Crippen LogP contribution in [0.3, 0.4) is 0 Å². The maximum Gasteiger partial charge on any atom is 0.162 e. The van der Waals surface area contributed by atoms with Crippen molar-refractivity contribution in [2.75, 3.05) is 38.7 Å². The molecule has 0 bridgehead atoms. The maximum atomic E-state index is 5.66. The lowest BCUT2D eigenvalue weighted by Gasteiger charge is -2.40. The zero-order valence-corrected chi connectivity index (χ0v) is 18.3. The van der Waals surface area contributed by atoms with E-state index in [-0.39, 0.29) is 0 Å². The van der Waals surface area contributed by atoms with E-state index in [4.69, 9.17) is 14.7 Å². The highest BCUT2D eigenvalue weighted by atomic mass is 16.5. The molecule has 0 N–H and O–H groups in total. The highest BCUT2D eigenvalue weighted by Crippen LogP contribution is 2.34. The predicted octanol–water partition coefficient (Wildman–Crippen LogP) is 3.46. The molecule has 4 aromatic rings. The van der Waals surface area contributed by atoms with Crippen molar-refractivity contribution in [3.63, 3.8) is 0 Å². The van der Waals surface area contributed by atoms with Gasteiger partial charge in [-0.15, -0.1) is 0 Å². The van der Waals surface area contributed by atoms with Crippen molar-refractivity contribution in [1.82, 2.24) is 24.8 Å². The maximum absolute atomic E-state index is 5.66. The molecule has 1 atom stereocenters. The van der Waals surface area contributed by atoms with E-state index >= 15 is 0 Å². The van der Waals surface area contributed by atoms with Crippen molar-refractivity contribution in [3.05, 3.63) is 72.8 Å². The summed E-state index contributed by atoms with van der Waals surface area (Å²) in [7, 11) is 3.87. The zero-order chi connectivity index (χ0) is 21.9. The molecule has 3 aromatic heterocycles. The van der Waals surface area contributed by atoms with E-state index in [1.807, 2.05) is 12.1 Å². The normalized spacial score (nSPS) is 16.9. The first-order valence-corrected chi connectivity index (χ1v) is 10.8. The van der Waals surface area contributed by atoms with Gasteiger partial charge in [0.25, 0.3) is 0 Å². The molecule has 5 rings (SSSR count). The number of benzene rings is 1. The number of likely N-dealkylation sites (N-methyl/N-ethyl adjacent to an activating group) is 1. The Morgan fingerprint density at radius 2 is 1.78 bits per heavy atom. The Bertz CT molecular complexity index is 1200. The highest BCUT2D eigenvalue weighted by molar-refractivity contribution is 5.95. The molecule has 0 amide bonds. The van der Waals surface area contributed by atoms with Crippen molar-refractivity contribution in [2.45, 2.75) is 12.5 Å². The van der Waals surface area contributed by atoms with Gasteiger partial charge in [-0.2, -0.15) is 0 Å². The van der Waals surface area contributed by atoms with Crippen molar-refractivity contribution in [3.8, 4) is 17.1 Å². The van der Waals surface area contributed by atoms with Crippen molar-refractivity contribution in [2.24, 2.45) is 0 Å². The van der Waals surface area contributed by atoms with Gasteiger partial charge in [0.15, 0.2) is 5.82 Å². The summed E-state index contributed by atoms with van der Waals surface area (Å²) in [4.78, 5) is 23.1. The summed E-state index contributed by atoms with van der Waals surface area (Å²) < 4.78 is 5.66. The number of nitrogens with zero attached hydrogens (tertiary/aromatic N) is 6. The molecule has 1 aliphatic heterocycles. The van der Waals surface area contributed by atoms with Gasteiger partial charge in [-0.1, -0.05) is 30.3 Å². The average Bonchev–Trinajstić information content (AvgIpc) is 2.85. The molecule has 1 fully saturated rings. The van der Waals surface area contributed by atoms with Crippen LogP contribution in [-0.4, -0.2) is 64.7 Å². The van der Waals surface area contributed by atoms with Crippen LogP contribution in [0.2, 0.25) is 0 Å². The molecule has 1 aromatic carbocycles. The quantitative estimate of drug-likeness (QED) is 0.484. The first-order valence-electron chi connectivity index (χ1n) is 10.8. The summed E-state index contributed by atoms with van der Waals surface area (Å²) in [6.07, 6.45) is 8.03. The van der Waals surface area contributed by atoms with Crippen LogP contribution in [0, 0.1) is 0 Å². The average molecular weight is 427 g/mol. The molecule has 0 spiro atoms. The van der Waals surface area contributed by atoms with Crippen molar-refractivity contribution in [1.29, 1.82) is 0 Å². The number of anilines is 1. The second kappa shape index (κ2) is 8.88. The summed E-state index contributed by atoms with van der Waals surface area (Å²) in [6.45, 7) is 2.72. The summed E-state index contributed by atoms with van der Waals surface area (Å²) >= 11 is 0. The third kappa shape index (κ3) is 3.99. The van der Waals surface area contributed by atoms with Gasteiger partial charge in [-0.3, -0.25) is 14.9 Å². The Hall–Kier alpha value is -3.58. The van der Waals surface area contributed by atoms with Crippen LogP contribution in [0.15, 0.2) is 67.3 Å². The number of aromatic nitrogens is 4. The second-order valence-electron chi connectivity index (χ2n) is 8.11. The molecular formula is C25H26N6O. The van der Waals surface area contributed by atoms with Gasteiger partial charge < -0.3 is 9.64 Å². The van der Waals surface area contributed by atoms with E-state index in [2.05, 4.69) is 57.1 Å². The van der Waals surface area contributed by atoms with Crippen LogP contribution in [0.5, 0.6) is 5.75 Å². The first kappa shape index (κ1) is 20.3. The van der Waals surface area contributed by atoms with E-state index in [0.29, 0.717) is 17.6 Å². The molecule has 1 saturated heterocycles. The molecule has 0 saturated carbocycles. The number of rotatable bonds is 5.